The van der Waals surface area contributed by atoms with Crippen LogP contribution in [0.5, 0.6) is 5.75 Å². The Labute approximate surface area is 118 Å². The molecule has 4 heteroatoms. The van der Waals surface area contributed by atoms with Gasteiger partial charge in [-0.2, -0.15) is 0 Å². The van der Waals surface area contributed by atoms with Crippen LogP contribution in [0.25, 0.3) is 0 Å². The van der Waals surface area contributed by atoms with Gasteiger partial charge < -0.3 is 15.0 Å². The van der Waals surface area contributed by atoms with Crippen molar-refractivity contribution in [1.29, 1.82) is 0 Å². The predicted octanol–water partition coefficient (Wildman–Crippen LogP) is 2.61. The van der Waals surface area contributed by atoms with E-state index in [1.54, 1.807) is 23.9 Å². The highest BCUT2D eigenvalue weighted by Crippen LogP contribution is 2.24. The first kappa shape index (κ1) is 14.2. The summed E-state index contributed by atoms with van der Waals surface area (Å²) < 4.78 is 7.00. The molecule has 2 N–H and O–H groups in total. The van der Waals surface area contributed by atoms with Crippen LogP contribution in [0.1, 0.15) is 30.9 Å². The van der Waals surface area contributed by atoms with Gasteiger partial charge >= 0.3 is 0 Å². The Hall–Kier alpha value is -2.23. The van der Waals surface area contributed by atoms with Crippen molar-refractivity contribution < 1.29 is 4.74 Å². The molecule has 1 aromatic heterocycles. The van der Waals surface area contributed by atoms with Crippen LogP contribution in [0.4, 0.5) is 5.69 Å². The molecule has 0 unspecified atom stereocenters. The van der Waals surface area contributed by atoms with E-state index < -0.39 is 0 Å². The fourth-order valence-corrected chi connectivity index (χ4v) is 2.12. The number of methoxy groups -OCH3 is 1. The molecule has 0 bridgehead atoms. The largest absolute Gasteiger partial charge is 0.496 e. The van der Waals surface area contributed by atoms with E-state index in [2.05, 4.69) is 26.0 Å². The van der Waals surface area contributed by atoms with Gasteiger partial charge in [0, 0.05) is 23.5 Å². The first-order chi connectivity index (χ1) is 9.51. The standard InChI is InChI=1S/C16H20N2O2/c1-11(2)12-4-5-15(20-3)13(8-12)10-18-7-6-14(17)9-16(18)19/h4-9,11H,10,17H2,1-3H3. The number of hydrogen-bond acceptors (Lipinski definition) is 3. The molecule has 0 atom stereocenters. The number of benzene rings is 1. The van der Waals surface area contributed by atoms with Gasteiger partial charge in [0.2, 0.25) is 0 Å². The third kappa shape index (κ3) is 3.02. The summed E-state index contributed by atoms with van der Waals surface area (Å²) in [6.07, 6.45) is 1.71. The second-order valence-electron chi connectivity index (χ2n) is 5.15. The third-order valence-electron chi connectivity index (χ3n) is 3.33. The molecule has 2 rings (SSSR count). The Morgan fingerprint density at radius 3 is 2.60 bits per heavy atom. The van der Waals surface area contributed by atoms with Crippen molar-refractivity contribution in [2.45, 2.75) is 26.3 Å². The lowest BCUT2D eigenvalue weighted by Gasteiger charge is -2.14. The zero-order valence-electron chi connectivity index (χ0n) is 12.1. The molecule has 0 aliphatic heterocycles. The average Bonchev–Trinajstić information content (AvgIpc) is 2.41. The molecule has 106 valence electrons. The molecule has 0 aliphatic rings. The minimum atomic E-state index is -0.109. The van der Waals surface area contributed by atoms with Crippen molar-refractivity contribution in [2.75, 3.05) is 12.8 Å². The quantitative estimate of drug-likeness (QED) is 0.930. The lowest BCUT2D eigenvalue weighted by molar-refractivity contribution is 0.408. The molecule has 4 nitrogen and oxygen atoms in total. The molecule has 2 aromatic rings. The minimum absolute atomic E-state index is 0.109. The van der Waals surface area contributed by atoms with Crippen molar-refractivity contribution in [3.63, 3.8) is 0 Å². The molecule has 0 radical (unpaired) electrons. The summed E-state index contributed by atoms with van der Waals surface area (Å²) in [5.41, 5.74) is 8.19. The first-order valence-electron chi connectivity index (χ1n) is 6.64. The molecule has 0 spiro atoms. The van der Waals surface area contributed by atoms with Gasteiger partial charge in [0.1, 0.15) is 5.75 Å². The van der Waals surface area contributed by atoms with Crippen molar-refractivity contribution in [3.8, 4) is 5.75 Å². The summed E-state index contributed by atoms with van der Waals surface area (Å²) >= 11 is 0. The number of nitrogen functional groups attached to an aromatic ring is 1. The third-order valence-corrected chi connectivity index (χ3v) is 3.33. The maximum Gasteiger partial charge on any atom is 0.252 e. The smallest absolute Gasteiger partial charge is 0.252 e. The Morgan fingerprint density at radius 1 is 1.25 bits per heavy atom. The topological polar surface area (TPSA) is 57.2 Å². The number of hydrogen-bond donors (Lipinski definition) is 1. The van der Waals surface area contributed by atoms with Crippen LogP contribution < -0.4 is 16.0 Å². The van der Waals surface area contributed by atoms with Crippen molar-refractivity contribution in [1.82, 2.24) is 4.57 Å². The van der Waals surface area contributed by atoms with Gasteiger partial charge in [0.25, 0.3) is 5.56 Å². The van der Waals surface area contributed by atoms with E-state index in [0.29, 0.717) is 18.2 Å². The van der Waals surface area contributed by atoms with E-state index in [-0.39, 0.29) is 5.56 Å². The van der Waals surface area contributed by atoms with Crippen molar-refractivity contribution in [3.05, 3.63) is 58.0 Å². The zero-order chi connectivity index (χ0) is 14.7. The van der Waals surface area contributed by atoms with E-state index in [1.807, 2.05) is 6.07 Å². The molecule has 1 heterocycles. The van der Waals surface area contributed by atoms with Gasteiger partial charge in [-0.15, -0.1) is 0 Å². The van der Waals surface area contributed by atoms with Crippen LogP contribution in [0.15, 0.2) is 41.3 Å². The second-order valence-corrected chi connectivity index (χ2v) is 5.15. The number of aromatic nitrogens is 1. The van der Waals surface area contributed by atoms with Gasteiger partial charge in [-0.1, -0.05) is 26.0 Å². The Balaban J connectivity index is 2.40. The summed E-state index contributed by atoms with van der Waals surface area (Å²) in [7, 11) is 1.64. The van der Waals surface area contributed by atoms with Gasteiger partial charge in [-0.3, -0.25) is 4.79 Å². The Bertz CT molecular complexity index is 660. The number of anilines is 1. The highest BCUT2D eigenvalue weighted by Gasteiger charge is 2.08. The summed E-state index contributed by atoms with van der Waals surface area (Å²) in [5, 5.41) is 0. The van der Waals surface area contributed by atoms with E-state index in [1.165, 1.54) is 11.6 Å². The van der Waals surface area contributed by atoms with Crippen LogP contribution in [-0.4, -0.2) is 11.7 Å². The maximum absolute atomic E-state index is 11.9. The van der Waals surface area contributed by atoms with Gasteiger partial charge in [0.15, 0.2) is 0 Å². The van der Waals surface area contributed by atoms with Crippen LogP contribution >= 0.6 is 0 Å². The predicted molar refractivity (Wildman–Crippen MR) is 81.3 cm³/mol. The molecule has 0 amide bonds. The summed E-state index contributed by atoms with van der Waals surface area (Å²) in [4.78, 5) is 11.9. The van der Waals surface area contributed by atoms with Crippen molar-refractivity contribution in [2.24, 2.45) is 0 Å². The molecular formula is C16H20N2O2. The van der Waals surface area contributed by atoms with Crippen LogP contribution in [-0.2, 0) is 6.54 Å². The van der Waals surface area contributed by atoms with Gasteiger partial charge in [-0.25, -0.2) is 0 Å². The molecule has 0 aliphatic carbocycles. The fraction of sp³-hybridized carbons (Fsp3) is 0.312. The van der Waals surface area contributed by atoms with E-state index in [0.717, 1.165) is 11.3 Å². The molecule has 0 saturated carbocycles. The monoisotopic (exact) mass is 272 g/mol. The van der Waals surface area contributed by atoms with Gasteiger partial charge in [-0.05, 0) is 23.6 Å². The number of nitrogens with two attached hydrogens (primary N) is 1. The van der Waals surface area contributed by atoms with E-state index in [9.17, 15) is 4.79 Å². The van der Waals surface area contributed by atoms with Crippen LogP contribution in [0.3, 0.4) is 0 Å². The molecule has 0 fully saturated rings. The zero-order valence-corrected chi connectivity index (χ0v) is 12.1. The molecule has 0 saturated heterocycles. The van der Waals surface area contributed by atoms with Crippen molar-refractivity contribution >= 4 is 5.69 Å². The molecule has 20 heavy (non-hydrogen) atoms. The van der Waals surface area contributed by atoms with Crippen LogP contribution in [0.2, 0.25) is 0 Å². The summed E-state index contributed by atoms with van der Waals surface area (Å²) in [6.45, 7) is 4.75. The highest BCUT2D eigenvalue weighted by atomic mass is 16.5. The van der Waals surface area contributed by atoms with E-state index in [4.69, 9.17) is 10.5 Å². The van der Waals surface area contributed by atoms with Crippen LogP contribution in [0, 0.1) is 0 Å². The lowest BCUT2D eigenvalue weighted by Crippen LogP contribution is -2.20. The number of rotatable bonds is 4. The van der Waals surface area contributed by atoms with Gasteiger partial charge in [0.05, 0.1) is 13.7 Å². The number of ether oxygens (including phenoxy) is 1. The summed E-state index contributed by atoms with van der Waals surface area (Å²) in [6, 6.07) is 9.25. The Kier molecular flexibility index (Phi) is 4.13. The Morgan fingerprint density at radius 2 is 2.00 bits per heavy atom. The maximum atomic E-state index is 11.9. The highest BCUT2D eigenvalue weighted by molar-refractivity contribution is 5.39. The SMILES string of the molecule is COc1ccc(C(C)C)cc1Cn1ccc(N)cc1=O. The van der Waals surface area contributed by atoms with E-state index >= 15 is 0 Å². The molecular weight excluding hydrogens is 252 g/mol. The average molecular weight is 272 g/mol. The molecule has 1 aromatic carbocycles. The minimum Gasteiger partial charge on any atom is -0.496 e. The normalized spacial score (nSPS) is 10.8. The first-order valence-corrected chi connectivity index (χ1v) is 6.64. The summed E-state index contributed by atoms with van der Waals surface area (Å²) in [5.74, 6) is 1.22. The fourth-order valence-electron chi connectivity index (χ4n) is 2.12. The second kappa shape index (κ2) is 5.82. The number of nitrogens with zero attached hydrogens (tertiary/aromatic N) is 1. The number of pyridine rings is 1. The lowest BCUT2D eigenvalue weighted by atomic mass is 10.00.